The van der Waals surface area contributed by atoms with Gasteiger partial charge in [-0.1, -0.05) is 36.4 Å². The van der Waals surface area contributed by atoms with Gasteiger partial charge in [0.1, 0.15) is 17.5 Å². The van der Waals surface area contributed by atoms with Gasteiger partial charge in [-0.05, 0) is 18.6 Å². The van der Waals surface area contributed by atoms with Gasteiger partial charge in [-0.2, -0.15) is 0 Å². The predicted octanol–water partition coefficient (Wildman–Crippen LogP) is 3.20. The predicted molar refractivity (Wildman–Crippen MR) is 93.8 cm³/mol. The Hall–Kier alpha value is -2.58. The molecule has 0 saturated carbocycles. The summed E-state index contributed by atoms with van der Waals surface area (Å²) in [5.74, 6) is -1.45. The number of nitrogens with zero attached hydrogens (tertiary/aromatic N) is 2. The average Bonchev–Trinajstić information content (AvgIpc) is 3.08. The zero-order valence-corrected chi connectivity index (χ0v) is 14.6. The van der Waals surface area contributed by atoms with Crippen LogP contribution in [-0.2, 0) is 16.6 Å². The Bertz CT molecular complexity index is 968. The number of rotatable bonds is 7. The van der Waals surface area contributed by atoms with Crippen LogP contribution in [0.4, 0.5) is 8.78 Å². The molecule has 0 fully saturated rings. The first-order chi connectivity index (χ1) is 12.5. The van der Waals surface area contributed by atoms with Gasteiger partial charge in [0.05, 0.1) is 0 Å². The highest BCUT2D eigenvalue weighted by molar-refractivity contribution is 7.89. The first-order valence-corrected chi connectivity index (χ1v) is 9.47. The molecule has 0 saturated heterocycles. The molecule has 1 N–H and O–H groups in total. The van der Waals surface area contributed by atoms with Crippen molar-refractivity contribution >= 4 is 10.0 Å². The maximum absolute atomic E-state index is 13.6. The van der Waals surface area contributed by atoms with Crippen LogP contribution in [0.25, 0.3) is 11.4 Å². The summed E-state index contributed by atoms with van der Waals surface area (Å²) in [5.41, 5.74) is 0.950. The second-order valence-corrected chi connectivity index (χ2v) is 7.32. The van der Waals surface area contributed by atoms with Gasteiger partial charge in [-0.15, -0.1) is 0 Å². The van der Waals surface area contributed by atoms with Gasteiger partial charge in [-0.25, -0.2) is 26.9 Å². The number of nitrogens with one attached hydrogen (secondary N) is 1. The van der Waals surface area contributed by atoms with E-state index in [1.54, 1.807) is 12.4 Å². The van der Waals surface area contributed by atoms with Crippen molar-refractivity contribution in [3.05, 3.63) is 72.6 Å². The summed E-state index contributed by atoms with van der Waals surface area (Å²) in [6.07, 6.45) is 3.90. The molecule has 0 aliphatic rings. The van der Waals surface area contributed by atoms with Crippen molar-refractivity contribution in [2.24, 2.45) is 0 Å². The van der Waals surface area contributed by atoms with Crippen LogP contribution in [-0.4, -0.2) is 24.5 Å². The van der Waals surface area contributed by atoms with Crippen molar-refractivity contribution in [1.29, 1.82) is 0 Å². The molecule has 26 heavy (non-hydrogen) atoms. The zero-order chi connectivity index (χ0) is 18.6. The highest BCUT2D eigenvalue weighted by Crippen LogP contribution is 2.19. The summed E-state index contributed by atoms with van der Waals surface area (Å²) in [4.78, 5) is 3.36. The van der Waals surface area contributed by atoms with E-state index < -0.39 is 26.6 Å². The molecule has 0 aliphatic carbocycles. The topological polar surface area (TPSA) is 64.0 Å². The maximum atomic E-state index is 13.6. The lowest BCUT2D eigenvalue weighted by molar-refractivity contribution is 0.512. The Labute approximate surface area is 150 Å². The van der Waals surface area contributed by atoms with E-state index in [4.69, 9.17) is 0 Å². The molecule has 8 heteroatoms. The fourth-order valence-electron chi connectivity index (χ4n) is 2.60. The smallest absolute Gasteiger partial charge is 0.246 e. The Balaban J connectivity index is 1.63. The minimum Gasteiger partial charge on any atom is -0.331 e. The lowest BCUT2D eigenvalue weighted by Crippen LogP contribution is -2.27. The number of hydrogen-bond donors (Lipinski definition) is 1. The summed E-state index contributed by atoms with van der Waals surface area (Å²) < 4.78 is 55.7. The number of hydrogen-bond acceptors (Lipinski definition) is 3. The van der Waals surface area contributed by atoms with Gasteiger partial charge in [0.2, 0.25) is 10.0 Å². The van der Waals surface area contributed by atoms with E-state index in [0.29, 0.717) is 13.0 Å². The van der Waals surface area contributed by atoms with Crippen molar-refractivity contribution < 1.29 is 17.2 Å². The standard InChI is InChI=1S/C18H17F2N3O2S/c19-15-8-4-9-16(20)17(15)26(24,25)22-10-5-12-23-13-11-21-18(23)14-6-2-1-3-7-14/h1-4,6-9,11,13,22H,5,10,12H2. The zero-order valence-electron chi connectivity index (χ0n) is 13.8. The van der Waals surface area contributed by atoms with Crippen LogP contribution >= 0.6 is 0 Å². The molecule has 136 valence electrons. The highest BCUT2D eigenvalue weighted by Gasteiger charge is 2.23. The summed E-state index contributed by atoms with van der Waals surface area (Å²) in [5, 5.41) is 0. The molecule has 2 aromatic carbocycles. The number of benzene rings is 2. The molecule has 5 nitrogen and oxygen atoms in total. The lowest BCUT2D eigenvalue weighted by Gasteiger charge is -2.10. The maximum Gasteiger partial charge on any atom is 0.246 e. The van der Waals surface area contributed by atoms with Crippen LogP contribution in [0.15, 0.2) is 65.8 Å². The SMILES string of the molecule is O=S(=O)(NCCCn1ccnc1-c1ccccc1)c1c(F)cccc1F. The molecule has 0 spiro atoms. The fourth-order valence-corrected chi connectivity index (χ4v) is 3.81. The van der Waals surface area contributed by atoms with Gasteiger partial charge in [0.25, 0.3) is 0 Å². The van der Waals surface area contributed by atoms with E-state index in [1.165, 1.54) is 0 Å². The minimum atomic E-state index is -4.25. The van der Waals surface area contributed by atoms with Gasteiger partial charge in [0, 0.05) is 31.0 Å². The molecule has 0 bridgehead atoms. The Morgan fingerprint density at radius 3 is 2.38 bits per heavy atom. The third-order valence-corrected chi connectivity index (χ3v) is 5.31. The van der Waals surface area contributed by atoms with Crippen molar-refractivity contribution in [2.75, 3.05) is 6.54 Å². The van der Waals surface area contributed by atoms with Crippen LogP contribution < -0.4 is 4.72 Å². The van der Waals surface area contributed by atoms with Gasteiger partial charge in [-0.3, -0.25) is 0 Å². The van der Waals surface area contributed by atoms with Crippen molar-refractivity contribution in [2.45, 2.75) is 17.9 Å². The number of imidazole rings is 1. The van der Waals surface area contributed by atoms with Crippen molar-refractivity contribution in [3.8, 4) is 11.4 Å². The summed E-state index contributed by atoms with van der Waals surface area (Å²) in [6, 6.07) is 12.5. The Morgan fingerprint density at radius 1 is 1.00 bits per heavy atom. The Kier molecular flexibility index (Phi) is 5.43. The molecule has 0 radical (unpaired) electrons. The van der Waals surface area contributed by atoms with Crippen LogP contribution in [0.1, 0.15) is 6.42 Å². The molecule has 1 aromatic heterocycles. The van der Waals surface area contributed by atoms with Crippen molar-refractivity contribution in [1.82, 2.24) is 14.3 Å². The summed E-state index contributed by atoms with van der Waals surface area (Å²) in [7, 11) is -4.25. The first-order valence-electron chi connectivity index (χ1n) is 7.99. The number of aryl methyl sites for hydroxylation is 1. The van der Waals surface area contributed by atoms with Crippen LogP contribution in [0, 0.1) is 11.6 Å². The number of sulfonamides is 1. The molecule has 0 amide bonds. The molecule has 3 rings (SSSR count). The van der Waals surface area contributed by atoms with Crippen molar-refractivity contribution in [3.63, 3.8) is 0 Å². The monoisotopic (exact) mass is 377 g/mol. The molecule has 1 heterocycles. The van der Waals surface area contributed by atoms with Crippen LogP contribution in [0.3, 0.4) is 0 Å². The van der Waals surface area contributed by atoms with E-state index in [-0.39, 0.29) is 6.54 Å². The second kappa shape index (κ2) is 7.76. The van der Waals surface area contributed by atoms with E-state index in [9.17, 15) is 17.2 Å². The average molecular weight is 377 g/mol. The largest absolute Gasteiger partial charge is 0.331 e. The van der Waals surface area contributed by atoms with Crippen LogP contribution in [0.2, 0.25) is 0 Å². The van der Waals surface area contributed by atoms with E-state index in [0.717, 1.165) is 29.6 Å². The third kappa shape index (κ3) is 3.97. The first kappa shape index (κ1) is 18.2. The highest BCUT2D eigenvalue weighted by atomic mass is 32.2. The third-order valence-electron chi connectivity index (χ3n) is 3.80. The van der Waals surface area contributed by atoms with Gasteiger partial charge < -0.3 is 4.57 Å². The normalized spacial score (nSPS) is 11.6. The second-order valence-electron chi connectivity index (χ2n) is 5.61. The number of halogens is 2. The minimum absolute atomic E-state index is 0.0442. The number of aromatic nitrogens is 2. The molecule has 0 atom stereocenters. The van der Waals surface area contributed by atoms with E-state index >= 15 is 0 Å². The summed E-state index contributed by atoms with van der Waals surface area (Å²) >= 11 is 0. The van der Waals surface area contributed by atoms with E-state index in [2.05, 4.69) is 9.71 Å². The van der Waals surface area contributed by atoms with Gasteiger partial charge in [0.15, 0.2) is 4.90 Å². The quantitative estimate of drug-likeness (QED) is 0.643. The molecular weight excluding hydrogens is 360 g/mol. The van der Waals surface area contributed by atoms with Gasteiger partial charge >= 0.3 is 0 Å². The molecule has 0 unspecified atom stereocenters. The fraction of sp³-hybridized carbons (Fsp3) is 0.167. The summed E-state index contributed by atoms with van der Waals surface area (Å²) in [6.45, 7) is 0.551. The van der Waals surface area contributed by atoms with Crippen LogP contribution in [0.5, 0.6) is 0 Å². The molecule has 0 aliphatic heterocycles. The Morgan fingerprint density at radius 2 is 1.69 bits per heavy atom. The molecule has 3 aromatic rings. The lowest BCUT2D eigenvalue weighted by atomic mass is 10.2. The van der Waals surface area contributed by atoms with E-state index in [1.807, 2.05) is 34.9 Å². The molecular formula is C18H17F2N3O2S.